The minimum absolute atomic E-state index is 0.256. The molecule has 5 nitrogen and oxygen atoms in total. The maximum Gasteiger partial charge on any atom is 0.119 e. The Morgan fingerprint density at radius 2 is 1.84 bits per heavy atom. The van der Waals surface area contributed by atoms with Crippen LogP contribution in [-0.4, -0.2) is 43.0 Å². The van der Waals surface area contributed by atoms with Crippen molar-refractivity contribution in [3.05, 3.63) is 60.3 Å². The van der Waals surface area contributed by atoms with Crippen LogP contribution in [0.1, 0.15) is 5.56 Å². The smallest absolute Gasteiger partial charge is 0.119 e. The first kappa shape index (κ1) is 17.3. The third-order valence-electron chi connectivity index (χ3n) is 4.13. The topological polar surface area (TPSA) is 66.5 Å². The molecule has 1 atom stereocenters. The van der Waals surface area contributed by atoms with Crippen molar-refractivity contribution in [2.24, 2.45) is 0 Å². The lowest BCUT2D eigenvalue weighted by Crippen LogP contribution is -2.32. The molecule has 3 rings (SSSR count). The van der Waals surface area contributed by atoms with Gasteiger partial charge in [-0.3, -0.25) is 0 Å². The number of rotatable bonds is 9. The summed E-state index contributed by atoms with van der Waals surface area (Å²) in [6.45, 7) is 1.56. The molecule has 1 heterocycles. The van der Waals surface area contributed by atoms with Gasteiger partial charge < -0.3 is 24.9 Å². The van der Waals surface area contributed by atoms with Gasteiger partial charge in [0.15, 0.2) is 0 Å². The third-order valence-corrected chi connectivity index (χ3v) is 4.13. The number of ether oxygens (including phenoxy) is 2. The highest BCUT2D eigenvalue weighted by atomic mass is 16.5. The van der Waals surface area contributed by atoms with Gasteiger partial charge in [-0.05, 0) is 48.9 Å². The molecule has 0 spiro atoms. The van der Waals surface area contributed by atoms with Crippen LogP contribution in [0.2, 0.25) is 0 Å². The van der Waals surface area contributed by atoms with Crippen LogP contribution in [0.15, 0.2) is 54.7 Å². The monoisotopic (exact) mass is 340 g/mol. The molecule has 0 bridgehead atoms. The van der Waals surface area contributed by atoms with Crippen molar-refractivity contribution in [1.29, 1.82) is 0 Å². The van der Waals surface area contributed by atoms with Crippen LogP contribution >= 0.6 is 0 Å². The number of aromatic nitrogens is 1. The van der Waals surface area contributed by atoms with Gasteiger partial charge in [0.25, 0.3) is 0 Å². The Balaban J connectivity index is 1.37. The number of nitrogens with one attached hydrogen (secondary N) is 2. The maximum atomic E-state index is 10.0. The zero-order chi connectivity index (χ0) is 17.5. The molecule has 132 valence electrons. The van der Waals surface area contributed by atoms with Crippen molar-refractivity contribution in [3.8, 4) is 11.5 Å². The van der Waals surface area contributed by atoms with E-state index in [0.29, 0.717) is 6.54 Å². The molecule has 0 aliphatic rings. The Morgan fingerprint density at radius 3 is 2.64 bits per heavy atom. The second-order valence-corrected chi connectivity index (χ2v) is 5.95. The number of hydrogen-bond donors (Lipinski definition) is 3. The first-order chi connectivity index (χ1) is 12.3. The zero-order valence-electron chi connectivity index (χ0n) is 14.4. The molecule has 2 aromatic carbocycles. The van der Waals surface area contributed by atoms with E-state index >= 15 is 0 Å². The van der Waals surface area contributed by atoms with Crippen molar-refractivity contribution in [2.75, 3.05) is 26.8 Å². The Kier molecular flexibility index (Phi) is 5.93. The van der Waals surface area contributed by atoms with Gasteiger partial charge in [0.05, 0.1) is 7.11 Å². The lowest BCUT2D eigenvalue weighted by molar-refractivity contribution is 0.106. The van der Waals surface area contributed by atoms with E-state index in [1.54, 1.807) is 7.11 Å². The second kappa shape index (κ2) is 8.55. The molecule has 25 heavy (non-hydrogen) atoms. The van der Waals surface area contributed by atoms with Gasteiger partial charge in [0.1, 0.15) is 24.2 Å². The number of H-pyrrole nitrogens is 1. The standard InChI is InChI=1S/C20H24N2O3/c1-24-17-6-8-18(9-7-17)25-14-16(23)13-21-11-10-15-12-22-20-5-3-2-4-19(15)20/h2-9,12,16,21-23H,10-11,13-14H2,1H3/t16-/m0/s1. The van der Waals surface area contributed by atoms with Crippen molar-refractivity contribution in [2.45, 2.75) is 12.5 Å². The van der Waals surface area contributed by atoms with E-state index in [2.05, 4.69) is 28.6 Å². The van der Waals surface area contributed by atoms with E-state index in [1.807, 2.05) is 36.4 Å². The molecule has 3 aromatic rings. The second-order valence-electron chi connectivity index (χ2n) is 5.95. The molecular weight excluding hydrogens is 316 g/mol. The molecule has 0 amide bonds. The Hall–Kier alpha value is -2.50. The first-order valence-corrected chi connectivity index (χ1v) is 8.47. The Labute approximate surface area is 147 Å². The summed E-state index contributed by atoms with van der Waals surface area (Å²) in [7, 11) is 1.63. The van der Waals surface area contributed by atoms with Gasteiger partial charge in [0, 0.05) is 23.6 Å². The quantitative estimate of drug-likeness (QED) is 0.524. The van der Waals surface area contributed by atoms with Crippen LogP contribution in [0, 0.1) is 0 Å². The predicted octanol–water partition coefficient (Wildman–Crippen LogP) is 2.75. The minimum Gasteiger partial charge on any atom is -0.497 e. The van der Waals surface area contributed by atoms with E-state index in [4.69, 9.17) is 9.47 Å². The average Bonchev–Trinajstić information content (AvgIpc) is 3.07. The Morgan fingerprint density at radius 1 is 1.08 bits per heavy atom. The first-order valence-electron chi connectivity index (χ1n) is 8.47. The fourth-order valence-electron chi connectivity index (χ4n) is 2.75. The van der Waals surface area contributed by atoms with E-state index < -0.39 is 6.10 Å². The van der Waals surface area contributed by atoms with Crippen LogP contribution in [0.5, 0.6) is 11.5 Å². The summed E-state index contributed by atoms with van der Waals surface area (Å²) < 4.78 is 10.7. The summed E-state index contributed by atoms with van der Waals surface area (Å²) in [6.07, 6.45) is 2.41. The predicted molar refractivity (Wildman–Crippen MR) is 99.4 cm³/mol. The minimum atomic E-state index is -0.551. The number of aliphatic hydroxyl groups excluding tert-OH is 1. The summed E-state index contributed by atoms with van der Waals surface area (Å²) in [5.41, 5.74) is 2.44. The summed E-state index contributed by atoms with van der Waals surface area (Å²) in [5, 5.41) is 14.6. The molecule has 1 aromatic heterocycles. The summed E-state index contributed by atoms with van der Waals surface area (Å²) in [4.78, 5) is 3.28. The highest BCUT2D eigenvalue weighted by molar-refractivity contribution is 5.83. The maximum absolute atomic E-state index is 10.0. The number of aliphatic hydroxyl groups is 1. The van der Waals surface area contributed by atoms with Crippen LogP contribution in [0.4, 0.5) is 0 Å². The summed E-state index contributed by atoms with van der Waals surface area (Å²) >= 11 is 0. The third kappa shape index (κ3) is 4.75. The van der Waals surface area contributed by atoms with E-state index in [0.717, 1.165) is 30.0 Å². The SMILES string of the molecule is COc1ccc(OC[C@@H](O)CNCCc2c[nH]c3ccccc23)cc1. The lowest BCUT2D eigenvalue weighted by Gasteiger charge is -2.13. The molecule has 3 N–H and O–H groups in total. The summed E-state index contributed by atoms with van der Waals surface area (Å²) in [6, 6.07) is 15.6. The van der Waals surface area contributed by atoms with Crippen LogP contribution in [-0.2, 0) is 6.42 Å². The van der Waals surface area contributed by atoms with E-state index in [1.165, 1.54) is 10.9 Å². The van der Waals surface area contributed by atoms with Gasteiger partial charge in [0.2, 0.25) is 0 Å². The largest absolute Gasteiger partial charge is 0.497 e. The highest BCUT2D eigenvalue weighted by Gasteiger charge is 2.06. The number of para-hydroxylation sites is 1. The molecule has 0 aliphatic heterocycles. The fraction of sp³-hybridized carbons (Fsp3) is 0.300. The lowest BCUT2D eigenvalue weighted by atomic mass is 10.1. The number of aromatic amines is 1. The van der Waals surface area contributed by atoms with Crippen molar-refractivity contribution in [1.82, 2.24) is 10.3 Å². The molecule has 0 saturated heterocycles. The van der Waals surface area contributed by atoms with Gasteiger partial charge in [-0.1, -0.05) is 18.2 Å². The van der Waals surface area contributed by atoms with Gasteiger partial charge in [-0.25, -0.2) is 0 Å². The molecule has 0 fully saturated rings. The molecule has 0 aliphatic carbocycles. The average molecular weight is 340 g/mol. The normalized spacial score (nSPS) is 12.2. The van der Waals surface area contributed by atoms with E-state index in [9.17, 15) is 5.11 Å². The van der Waals surface area contributed by atoms with Crippen LogP contribution < -0.4 is 14.8 Å². The fourth-order valence-corrected chi connectivity index (χ4v) is 2.75. The highest BCUT2D eigenvalue weighted by Crippen LogP contribution is 2.18. The van der Waals surface area contributed by atoms with Gasteiger partial charge in [-0.2, -0.15) is 0 Å². The number of methoxy groups -OCH3 is 1. The zero-order valence-corrected chi connectivity index (χ0v) is 14.4. The number of fused-ring (bicyclic) bond motifs is 1. The molecule has 0 saturated carbocycles. The van der Waals surface area contributed by atoms with Crippen LogP contribution in [0.3, 0.4) is 0 Å². The van der Waals surface area contributed by atoms with Gasteiger partial charge >= 0.3 is 0 Å². The molecule has 0 unspecified atom stereocenters. The van der Waals surface area contributed by atoms with E-state index in [-0.39, 0.29) is 6.61 Å². The van der Waals surface area contributed by atoms with Crippen molar-refractivity contribution in [3.63, 3.8) is 0 Å². The number of benzene rings is 2. The van der Waals surface area contributed by atoms with Crippen molar-refractivity contribution >= 4 is 10.9 Å². The van der Waals surface area contributed by atoms with Crippen molar-refractivity contribution < 1.29 is 14.6 Å². The molecule has 0 radical (unpaired) electrons. The van der Waals surface area contributed by atoms with Crippen LogP contribution in [0.25, 0.3) is 10.9 Å². The molecular formula is C20H24N2O3. The molecule has 5 heteroatoms. The number of hydrogen-bond acceptors (Lipinski definition) is 4. The van der Waals surface area contributed by atoms with Gasteiger partial charge in [-0.15, -0.1) is 0 Å². The Bertz CT molecular complexity index is 783. The summed E-state index contributed by atoms with van der Waals surface area (Å²) in [5.74, 6) is 1.51.